The largest absolute Gasteiger partial charge is 0.385 e. The molecule has 0 saturated carbocycles. The minimum atomic E-state index is 1.03. The highest BCUT2D eigenvalue weighted by molar-refractivity contribution is 8.12. The molecule has 0 radical (unpaired) electrons. The average molecular weight is 128 g/mol. The molecular formula is C5H8N2S. The molecule has 0 aromatic carbocycles. The van der Waals surface area contributed by atoms with Crippen molar-refractivity contribution >= 4 is 16.9 Å². The van der Waals surface area contributed by atoms with E-state index < -0.39 is 0 Å². The minimum absolute atomic E-state index is 1.03. The summed E-state index contributed by atoms with van der Waals surface area (Å²) in [4.78, 5) is 5.06. The van der Waals surface area contributed by atoms with E-state index in [1.54, 1.807) is 18.0 Å². The molecule has 1 unspecified atom stereocenters. The lowest BCUT2D eigenvalue weighted by molar-refractivity contribution is -0.682. The second-order valence-electron chi connectivity index (χ2n) is 1.48. The molecule has 0 aliphatic carbocycles. The molecule has 0 aromatic heterocycles. The van der Waals surface area contributed by atoms with E-state index in [-0.39, 0.29) is 0 Å². The lowest BCUT2D eigenvalue weighted by atomic mass is 10.9. The predicted molar refractivity (Wildman–Crippen MR) is 36.4 cm³/mol. The van der Waals surface area contributed by atoms with E-state index in [2.05, 4.69) is 12.0 Å². The maximum absolute atomic E-state index is 4.03. The molecule has 0 aromatic rings. The minimum Gasteiger partial charge on any atom is -0.385 e. The monoisotopic (exact) mass is 128 g/mol. The van der Waals surface area contributed by atoms with Gasteiger partial charge in [0.1, 0.15) is 0 Å². The summed E-state index contributed by atoms with van der Waals surface area (Å²) in [7, 11) is 3.77. The summed E-state index contributed by atoms with van der Waals surface area (Å²) < 4.78 is 0. The first-order valence-corrected chi connectivity index (χ1v) is 3.54. The number of hydrogen-bond donors (Lipinski definition) is 1. The zero-order chi connectivity index (χ0) is 5.98. The van der Waals surface area contributed by atoms with Crippen molar-refractivity contribution in [3.63, 3.8) is 0 Å². The maximum atomic E-state index is 4.03. The summed E-state index contributed by atoms with van der Waals surface area (Å²) in [6.45, 7) is 0. The topological polar surface area (TPSA) is 16.8 Å². The fraction of sp³-hybridized carbons (Fsp3) is 0.200. The molecule has 1 heterocycles. The van der Waals surface area contributed by atoms with E-state index in [0.717, 1.165) is 10.1 Å². The van der Waals surface area contributed by atoms with E-state index in [4.69, 9.17) is 0 Å². The van der Waals surface area contributed by atoms with Gasteiger partial charge in [-0.3, -0.25) is 0 Å². The smallest absolute Gasteiger partial charge is 0.239 e. The zero-order valence-electron chi connectivity index (χ0n) is 4.72. The first-order chi connectivity index (χ1) is 3.84. The van der Waals surface area contributed by atoms with Crippen LogP contribution in [0.4, 0.5) is 0 Å². The fourth-order valence-electron chi connectivity index (χ4n) is 0.533. The van der Waals surface area contributed by atoms with Gasteiger partial charge in [0.2, 0.25) is 5.17 Å². The van der Waals surface area contributed by atoms with Crippen molar-refractivity contribution in [1.82, 2.24) is 0 Å². The van der Waals surface area contributed by atoms with Crippen molar-refractivity contribution in [2.24, 2.45) is 4.99 Å². The Balaban J connectivity index is 2.59. The van der Waals surface area contributed by atoms with E-state index in [1.165, 1.54) is 0 Å². The number of aliphatic imine (C=N–C) groups is 1. The third kappa shape index (κ3) is 0.928. The van der Waals surface area contributed by atoms with Crippen molar-refractivity contribution in [2.45, 2.75) is 0 Å². The standard InChI is InChI=1S/C5H8N2S/c1-7-4-3-6-5(7)8-2/h3-4,7H,1H2,2H3. The Hall–Kier alpha value is -0.280. The number of nitrogens with zero attached hydrogens (tertiary/aromatic N) is 1. The highest BCUT2D eigenvalue weighted by Crippen LogP contribution is 1.94. The Kier molecular flexibility index (Phi) is 1.70. The first kappa shape index (κ1) is 5.85. The summed E-state index contributed by atoms with van der Waals surface area (Å²) in [6, 6.07) is 0. The van der Waals surface area contributed by atoms with Crippen molar-refractivity contribution in [2.75, 3.05) is 6.26 Å². The summed E-state index contributed by atoms with van der Waals surface area (Å²) in [5.41, 5.74) is 0. The molecule has 8 heavy (non-hydrogen) atoms. The average Bonchev–Trinajstić information content (AvgIpc) is 2.14. The number of amidine groups is 1. The summed E-state index contributed by atoms with van der Waals surface area (Å²) in [6.07, 6.45) is 5.68. The van der Waals surface area contributed by atoms with Gasteiger partial charge in [0.25, 0.3) is 0 Å². The van der Waals surface area contributed by atoms with Crippen LogP contribution >= 0.6 is 11.8 Å². The molecule has 2 nitrogen and oxygen atoms in total. The van der Waals surface area contributed by atoms with Gasteiger partial charge in [-0.15, -0.1) is 7.05 Å². The Morgan fingerprint density at radius 3 is 2.88 bits per heavy atom. The zero-order valence-corrected chi connectivity index (χ0v) is 5.53. The quantitative estimate of drug-likeness (QED) is 0.449. The van der Waals surface area contributed by atoms with Gasteiger partial charge in [-0.1, -0.05) is 11.8 Å². The molecule has 0 bridgehead atoms. The van der Waals surface area contributed by atoms with Crippen molar-refractivity contribution in [3.05, 3.63) is 19.4 Å². The molecule has 1 rings (SSSR count). The lowest BCUT2D eigenvalue weighted by Gasteiger charge is -2.08. The maximum Gasteiger partial charge on any atom is 0.239 e. The number of hydrogen-bond acceptors (Lipinski definition) is 2. The van der Waals surface area contributed by atoms with Crippen LogP contribution in [0.5, 0.6) is 0 Å². The molecule has 3 heteroatoms. The molecule has 0 amide bonds. The van der Waals surface area contributed by atoms with Crippen molar-refractivity contribution in [3.8, 4) is 0 Å². The Bertz CT molecular complexity index is 139. The SMILES string of the molecule is [CH2-][NH+]1C=CN=C1SC. The Labute approximate surface area is 53.3 Å². The number of nitrogens with one attached hydrogen (secondary N) is 1. The normalized spacial score (nSPS) is 26.2. The van der Waals surface area contributed by atoms with Crippen LogP contribution in [0.3, 0.4) is 0 Å². The van der Waals surface area contributed by atoms with E-state index in [1.807, 2.05) is 12.5 Å². The van der Waals surface area contributed by atoms with Crippen LogP contribution in [0.2, 0.25) is 0 Å². The summed E-state index contributed by atoms with van der Waals surface area (Å²) >= 11 is 1.63. The van der Waals surface area contributed by atoms with Gasteiger partial charge in [-0.25, -0.2) is 0 Å². The van der Waals surface area contributed by atoms with Crippen LogP contribution in [0.15, 0.2) is 17.4 Å². The number of rotatable bonds is 0. The second-order valence-corrected chi connectivity index (χ2v) is 2.27. The van der Waals surface area contributed by atoms with E-state index >= 15 is 0 Å². The Morgan fingerprint density at radius 1 is 1.88 bits per heavy atom. The van der Waals surface area contributed by atoms with Crippen LogP contribution in [0, 0.1) is 7.05 Å². The molecule has 1 N–H and O–H groups in total. The first-order valence-electron chi connectivity index (χ1n) is 2.32. The number of thioether (sulfide) groups is 1. The van der Waals surface area contributed by atoms with Gasteiger partial charge in [-0.05, 0) is 6.26 Å². The van der Waals surface area contributed by atoms with E-state index in [0.29, 0.717) is 0 Å². The van der Waals surface area contributed by atoms with Gasteiger partial charge >= 0.3 is 0 Å². The van der Waals surface area contributed by atoms with Crippen molar-refractivity contribution < 1.29 is 4.90 Å². The fourth-order valence-corrected chi connectivity index (χ4v) is 1.03. The third-order valence-corrected chi connectivity index (χ3v) is 1.69. The van der Waals surface area contributed by atoms with E-state index in [9.17, 15) is 0 Å². The van der Waals surface area contributed by atoms with Gasteiger partial charge in [0.15, 0.2) is 0 Å². The molecule has 1 aliphatic rings. The number of quaternary nitrogens is 1. The summed E-state index contributed by atoms with van der Waals surface area (Å²) in [5.74, 6) is 0. The van der Waals surface area contributed by atoms with Crippen LogP contribution in [-0.4, -0.2) is 11.4 Å². The van der Waals surface area contributed by atoms with Crippen LogP contribution in [-0.2, 0) is 0 Å². The molecule has 44 valence electrons. The lowest BCUT2D eigenvalue weighted by Crippen LogP contribution is -3.03. The molecule has 0 fully saturated rings. The van der Waals surface area contributed by atoms with Gasteiger partial charge in [0, 0.05) is 0 Å². The molecule has 0 saturated heterocycles. The van der Waals surface area contributed by atoms with Crippen LogP contribution in [0.1, 0.15) is 0 Å². The molecule has 0 spiro atoms. The third-order valence-electron chi connectivity index (χ3n) is 0.936. The highest BCUT2D eigenvalue weighted by atomic mass is 32.2. The summed E-state index contributed by atoms with van der Waals surface area (Å²) in [5, 5.41) is 1.03. The second kappa shape index (κ2) is 2.33. The van der Waals surface area contributed by atoms with Gasteiger partial charge < -0.3 is 4.90 Å². The molecule has 1 atom stereocenters. The Morgan fingerprint density at radius 2 is 2.62 bits per heavy atom. The van der Waals surface area contributed by atoms with Crippen LogP contribution < -0.4 is 4.90 Å². The molecular weight excluding hydrogens is 120 g/mol. The van der Waals surface area contributed by atoms with Crippen LogP contribution in [0.25, 0.3) is 0 Å². The van der Waals surface area contributed by atoms with Gasteiger partial charge in [-0.2, -0.15) is 4.99 Å². The molecule has 1 aliphatic heterocycles. The predicted octanol–water partition coefficient (Wildman–Crippen LogP) is -0.133. The van der Waals surface area contributed by atoms with Gasteiger partial charge in [0.05, 0.1) is 12.4 Å². The van der Waals surface area contributed by atoms with Crippen molar-refractivity contribution in [1.29, 1.82) is 0 Å². The highest BCUT2D eigenvalue weighted by Gasteiger charge is 2.05.